The van der Waals surface area contributed by atoms with E-state index in [0.717, 1.165) is 39.4 Å². The Morgan fingerprint density at radius 3 is 2.62 bits per heavy atom. The van der Waals surface area contributed by atoms with Crippen LogP contribution in [0.25, 0.3) is 10.2 Å². The molecule has 2 aromatic heterocycles. The summed E-state index contributed by atoms with van der Waals surface area (Å²) in [5.74, 6) is 0.933. The van der Waals surface area contributed by atoms with Crippen LogP contribution in [0.5, 0.6) is 5.75 Å². The number of hydrogen-bond donors (Lipinski definition) is 0. The number of benzene rings is 1. The van der Waals surface area contributed by atoms with Crippen LogP contribution in [0, 0.1) is 6.92 Å². The van der Waals surface area contributed by atoms with Gasteiger partial charge in [0.05, 0.1) is 10.6 Å². The molecule has 1 amide bonds. The Morgan fingerprint density at radius 1 is 1.27 bits per heavy atom. The molecule has 0 N–H and O–H groups in total. The highest BCUT2D eigenvalue weighted by atomic mass is 35.5. The lowest BCUT2D eigenvalue weighted by atomic mass is 10.1. The quantitative estimate of drug-likeness (QED) is 0.671. The van der Waals surface area contributed by atoms with Crippen LogP contribution in [-0.4, -0.2) is 39.8 Å². The van der Waals surface area contributed by atoms with Crippen molar-refractivity contribution in [1.29, 1.82) is 0 Å². The van der Waals surface area contributed by atoms with Gasteiger partial charge in [-0.3, -0.25) is 9.48 Å². The monoisotopic (exact) mass is 389 g/mol. The van der Waals surface area contributed by atoms with Crippen molar-refractivity contribution in [2.45, 2.75) is 25.9 Å². The van der Waals surface area contributed by atoms with Crippen LogP contribution in [0.1, 0.15) is 28.2 Å². The first kappa shape index (κ1) is 17.4. The first-order chi connectivity index (χ1) is 12.5. The summed E-state index contributed by atoms with van der Waals surface area (Å²) in [7, 11) is 1.92. The van der Waals surface area contributed by atoms with Gasteiger partial charge < -0.3 is 9.64 Å². The number of piperidine rings is 1. The van der Waals surface area contributed by atoms with E-state index in [1.165, 1.54) is 11.3 Å². The molecule has 0 spiro atoms. The number of amides is 1. The first-order valence-electron chi connectivity index (χ1n) is 8.66. The van der Waals surface area contributed by atoms with Gasteiger partial charge in [-0.1, -0.05) is 11.6 Å². The van der Waals surface area contributed by atoms with Gasteiger partial charge in [0.2, 0.25) is 0 Å². The average Bonchev–Trinajstić information content (AvgIpc) is 3.19. The van der Waals surface area contributed by atoms with Crippen LogP contribution in [0.2, 0.25) is 5.02 Å². The van der Waals surface area contributed by atoms with E-state index in [2.05, 4.69) is 5.10 Å². The summed E-state index contributed by atoms with van der Waals surface area (Å²) in [4.78, 5) is 16.6. The Bertz CT molecular complexity index is 905. The van der Waals surface area contributed by atoms with E-state index in [0.29, 0.717) is 18.1 Å². The lowest BCUT2D eigenvalue weighted by molar-refractivity contribution is 0.0600. The number of carbonyl (C=O) groups excluding carboxylic acids is 1. The second-order valence-electron chi connectivity index (χ2n) is 6.60. The lowest BCUT2D eigenvalue weighted by Gasteiger charge is -2.32. The largest absolute Gasteiger partial charge is 0.490 e. The zero-order valence-corrected chi connectivity index (χ0v) is 16.3. The summed E-state index contributed by atoms with van der Waals surface area (Å²) in [6.45, 7) is 3.40. The van der Waals surface area contributed by atoms with E-state index in [1.807, 2.05) is 53.9 Å². The molecule has 1 fully saturated rings. The van der Waals surface area contributed by atoms with Gasteiger partial charge in [-0.2, -0.15) is 5.10 Å². The second-order valence-corrected chi connectivity index (χ2v) is 8.07. The highest BCUT2D eigenvalue weighted by Crippen LogP contribution is 2.29. The molecule has 136 valence electrons. The molecule has 3 heterocycles. The normalized spacial score (nSPS) is 15.6. The molecule has 1 aliphatic rings. The fraction of sp³-hybridized carbons (Fsp3) is 0.368. The Balaban J connectivity index is 1.39. The molecule has 0 unspecified atom stereocenters. The predicted molar refractivity (Wildman–Crippen MR) is 104 cm³/mol. The number of nitrogens with zero attached hydrogens (tertiary/aromatic N) is 3. The smallest absolute Gasteiger partial charge is 0.264 e. The van der Waals surface area contributed by atoms with Gasteiger partial charge in [0.1, 0.15) is 16.7 Å². The van der Waals surface area contributed by atoms with Crippen molar-refractivity contribution in [3.8, 4) is 5.75 Å². The molecular formula is C19H20ClN3O2S. The molecule has 0 saturated carbocycles. The number of ether oxygens (including phenoxy) is 1. The summed E-state index contributed by atoms with van der Waals surface area (Å²) >= 11 is 7.42. The molecule has 1 saturated heterocycles. The topological polar surface area (TPSA) is 47.4 Å². The molecule has 4 rings (SSSR count). The van der Waals surface area contributed by atoms with Gasteiger partial charge in [-0.05, 0) is 37.3 Å². The number of fused-ring (bicyclic) bond motifs is 1. The van der Waals surface area contributed by atoms with Crippen LogP contribution < -0.4 is 4.74 Å². The number of hydrogen-bond acceptors (Lipinski definition) is 4. The second kappa shape index (κ2) is 6.93. The maximum Gasteiger partial charge on any atom is 0.264 e. The third-order valence-electron chi connectivity index (χ3n) is 4.75. The van der Waals surface area contributed by atoms with Crippen LogP contribution in [-0.2, 0) is 7.05 Å². The molecule has 1 aromatic carbocycles. The SMILES string of the molecule is Cc1nn(C)c2sc(C(=O)N3CCC(Oc4ccc(Cl)cc4)CC3)cc12. The van der Waals surface area contributed by atoms with E-state index in [9.17, 15) is 4.79 Å². The number of aromatic nitrogens is 2. The van der Waals surface area contributed by atoms with Crippen molar-refractivity contribution in [2.24, 2.45) is 7.05 Å². The Morgan fingerprint density at radius 2 is 1.96 bits per heavy atom. The first-order valence-corrected chi connectivity index (χ1v) is 9.85. The number of likely N-dealkylation sites (tertiary alicyclic amines) is 1. The molecular weight excluding hydrogens is 370 g/mol. The van der Waals surface area contributed by atoms with Crippen molar-refractivity contribution in [1.82, 2.24) is 14.7 Å². The Hall–Kier alpha value is -2.05. The van der Waals surface area contributed by atoms with Crippen LogP contribution in [0.4, 0.5) is 0 Å². The van der Waals surface area contributed by atoms with E-state index in [-0.39, 0.29) is 12.0 Å². The lowest BCUT2D eigenvalue weighted by Crippen LogP contribution is -2.41. The fourth-order valence-corrected chi connectivity index (χ4v) is 4.57. The maximum atomic E-state index is 12.8. The summed E-state index contributed by atoms with van der Waals surface area (Å²) in [5.41, 5.74) is 0.966. The molecule has 0 radical (unpaired) electrons. The number of carbonyl (C=O) groups is 1. The summed E-state index contributed by atoms with van der Waals surface area (Å²) in [6.07, 6.45) is 1.80. The molecule has 3 aromatic rings. The van der Waals surface area contributed by atoms with Crippen molar-refractivity contribution < 1.29 is 9.53 Å². The van der Waals surface area contributed by atoms with Gasteiger partial charge in [-0.15, -0.1) is 11.3 Å². The summed E-state index contributed by atoms with van der Waals surface area (Å²) in [6, 6.07) is 9.39. The van der Waals surface area contributed by atoms with E-state index in [4.69, 9.17) is 16.3 Å². The zero-order chi connectivity index (χ0) is 18.3. The van der Waals surface area contributed by atoms with Gasteiger partial charge >= 0.3 is 0 Å². The maximum absolute atomic E-state index is 12.8. The van der Waals surface area contributed by atoms with E-state index in [1.54, 1.807) is 0 Å². The molecule has 0 aliphatic carbocycles. The van der Waals surface area contributed by atoms with E-state index < -0.39 is 0 Å². The number of rotatable bonds is 3. The van der Waals surface area contributed by atoms with Crippen molar-refractivity contribution in [2.75, 3.05) is 13.1 Å². The predicted octanol–water partition coefficient (Wildman–Crippen LogP) is 4.28. The van der Waals surface area contributed by atoms with Crippen LogP contribution in [0.3, 0.4) is 0 Å². The number of thiophene rings is 1. The standard InChI is InChI=1S/C19H20ClN3O2S/c1-12-16-11-17(26-19(16)22(2)21-12)18(24)23-9-7-15(8-10-23)25-14-5-3-13(20)4-6-14/h3-6,11,15H,7-10H2,1-2H3. The Labute approximate surface area is 161 Å². The van der Waals surface area contributed by atoms with Gasteiger partial charge in [0, 0.05) is 43.4 Å². The summed E-state index contributed by atoms with van der Waals surface area (Å²) < 4.78 is 7.85. The zero-order valence-electron chi connectivity index (χ0n) is 14.7. The van der Waals surface area contributed by atoms with Crippen LogP contribution >= 0.6 is 22.9 Å². The third kappa shape index (κ3) is 3.31. The van der Waals surface area contributed by atoms with Gasteiger partial charge in [0.25, 0.3) is 5.91 Å². The Kier molecular flexibility index (Phi) is 4.63. The molecule has 7 heteroatoms. The number of halogens is 1. The minimum Gasteiger partial charge on any atom is -0.490 e. The minimum atomic E-state index is 0.107. The van der Waals surface area contributed by atoms with Gasteiger partial charge in [0.15, 0.2) is 0 Å². The van der Waals surface area contributed by atoms with Gasteiger partial charge in [-0.25, -0.2) is 0 Å². The molecule has 26 heavy (non-hydrogen) atoms. The molecule has 5 nitrogen and oxygen atoms in total. The third-order valence-corrected chi connectivity index (χ3v) is 6.19. The van der Waals surface area contributed by atoms with Crippen LogP contribution in [0.15, 0.2) is 30.3 Å². The molecule has 0 bridgehead atoms. The summed E-state index contributed by atoms with van der Waals surface area (Å²) in [5, 5.41) is 6.17. The van der Waals surface area contributed by atoms with Crippen molar-refractivity contribution >= 4 is 39.1 Å². The molecule has 1 aliphatic heterocycles. The highest BCUT2D eigenvalue weighted by Gasteiger charge is 2.26. The van der Waals surface area contributed by atoms with Crippen molar-refractivity contribution in [3.05, 3.63) is 45.9 Å². The van der Waals surface area contributed by atoms with Crippen molar-refractivity contribution in [3.63, 3.8) is 0 Å². The van der Waals surface area contributed by atoms with E-state index >= 15 is 0 Å². The number of aryl methyl sites for hydroxylation is 2. The molecule has 0 atom stereocenters. The highest BCUT2D eigenvalue weighted by molar-refractivity contribution is 7.20. The average molecular weight is 390 g/mol. The minimum absolute atomic E-state index is 0.107. The fourth-order valence-electron chi connectivity index (χ4n) is 3.35.